The Hall–Kier alpha value is -5.23. The molecule has 7 heterocycles. The zero-order valence-electron chi connectivity index (χ0n) is 35.0. The summed E-state index contributed by atoms with van der Waals surface area (Å²) in [5.74, 6) is 0.840. The van der Waals surface area contributed by atoms with Crippen LogP contribution in [0.1, 0.15) is 70.6 Å². The zero-order valence-corrected chi connectivity index (χ0v) is 35.0. The van der Waals surface area contributed by atoms with Crippen molar-refractivity contribution in [1.82, 2.24) is 24.8 Å². The molecule has 0 saturated carbocycles. The number of halogens is 11. The average molecular weight is 927 g/mol. The molecule has 5 atom stereocenters. The molecule has 21 heteroatoms. The van der Waals surface area contributed by atoms with E-state index in [-0.39, 0.29) is 76.9 Å². The number of rotatable bonds is 6. The molecular weight excluding hydrogens is 885 g/mol. The molecule has 9 rings (SSSR count). The molecule has 0 radical (unpaired) electrons. The first-order chi connectivity index (χ1) is 30.4. The van der Waals surface area contributed by atoms with Crippen LogP contribution in [0.4, 0.5) is 58.9 Å². The largest absolute Gasteiger partial charge is 0.461 e. The molecule has 4 aromatic rings. The maximum Gasteiger partial charge on any atom is 0.435 e. The van der Waals surface area contributed by atoms with Crippen molar-refractivity contribution in [2.75, 3.05) is 31.1 Å². The summed E-state index contributed by atoms with van der Waals surface area (Å²) < 4.78 is 174. The summed E-state index contributed by atoms with van der Waals surface area (Å²) in [4.78, 5) is 32.8. The SMILES string of the molecule is C#Cc1c(F)ccc2cccc(-c3nc4c5c(nc(OCC67CCCN6CC(OC(C(F)(F)F)(C(F)(F)F)C(F)(F)F)C7)nc5c3F)N3C[C@H]5CC[C@@H]([C@H]3CC4)N5C(=O)OC(C)(C)C)c12. The number of ether oxygens (including phenoxy) is 3. The molecule has 5 aliphatic heterocycles. The van der Waals surface area contributed by atoms with Crippen molar-refractivity contribution in [3.05, 3.63) is 53.2 Å². The van der Waals surface area contributed by atoms with Gasteiger partial charge in [-0.2, -0.15) is 49.5 Å². The highest BCUT2D eigenvalue weighted by molar-refractivity contribution is 6.03. The molecule has 10 nitrogen and oxygen atoms in total. The number of hydrogen-bond donors (Lipinski definition) is 0. The van der Waals surface area contributed by atoms with Crippen molar-refractivity contribution < 1.29 is 67.3 Å². The van der Waals surface area contributed by atoms with Crippen LogP contribution < -0.4 is 9.64 Å². The summed E-state index contributed by atoms with van der Waals surface area (Å²) in [6, 6.07) is 5.89. The van der Waals surface area contributed by atoms with E-state index < -0.39 is 90.7 Å². The molecule has 0 aliphatic carbocycles. The molecule has 2 aromatic carbocycles. The van der Waals surface area contributed by atoms with Crippen LogP contribution in [0.5, 0.6) is 6.01 Å². The molecule has 2 unspecified atom stereocenters. The highest BCUT2D eigenvalue weighted by Gasteiger charge is 2.86. The number of nitrogens with zero attached hydrogens (tertiary/aromatic N) is 6. The number of amides is 1. The van der Waals surface area contributed by atoms with E-state index in [2.05, 4.69) is 15.6 Å². The third-order valence-corrected chi connectivity index (χ3v) is 13.3. The van der Waals surface area contributed by atoms with Gasteiger partial charge < -0.3 is 19.1 Å². The van der Waals surface area contributed by atoms with Gasteiger partial charge in [0.25, 0.3) is 0 Å². The highest BCUT2D eigenvalue weighted by Crippen LogP contribution is 2.57. The lowest BCUT2D eigenvalue weighted by molar-refractivity contribution is -0.463. The molecular formula is C44H41F11N6O4. The molecule has 2 bridgehead atoms. The fourth-order valence-electron chi connectivity index (χ4n) is 10.7. The summed E-state index contributed by atoms with van der Waals surface area (Å²) in [6.07, 6.45) is -16.1. The van der Waals surface area contributed by atoms with Crippen molar-refractivity contribution in [1.29, 1.82) is 0 Å². The number of pyridine rings is 1. The second-order valence-corrected chi connectivity index (χ2v) is 18.4. The molecule has 0 N–H and O–H groups in total. The molecule has 0 spiro atoms. The Balaban J connectivity index is 1.13. The van der Waals surface area contributed by atoms with Gasteiger partial charge in [0.05, 0.1) is 46.4 Å². The number of anilines is 1. The number of carbonyl (C=O) groups excluding carboxylic acids is 1. The fourth-order valence-corrected chi connectivity index (χ4v) is 10.7. The monoisotopic (exact) mass is 926 g/mol. The van der Waals surface area contributed by atoms with Crippen molar-refractivity contribution in [3.63, 3.8) is 0 Å². The number of benzene rings is 2. The van der Waals surface area contributed by atoms with Crippen LogP contribution >= 0.6 is 0 Å². The second kappa shape index (κ2) is 15.2. The summed E-state index contributed by atoms with van der Waals surface area (Å²) in [5, 5.41) is 0.913. The zero-order chi connectivity index (χ0) is 46.8. The summed E-state index contributed by atoms with van der Waals surface area (Å²) in [7, 11) is 0. The summed E-state index contributed by atoms with van der Waals surface area (Å²) in [5.41, 5.74) is -8.80. The standard InChI is InChI=1S/C44H41F11N6O4/c1-5-25-27(45)12-10-22-8-6-9-26(31(22)25)34-33(46)35-32-28(56-34)13-15-29-30-14-11-23(61(30)38(62)65-39(2,3)4)19-60(29)36(32)58-37(57-35)63-21-40-16-7-17-59(40)20-24(18-40)64-41(42(47,48)49,43(50,51)52)44(53,54)55/h1,6,8-10,12,23-24,29-30H,7,11,13-21H2,2-4H3/t23-,24?,29-,30+,40?/m1/s1. The maximum atomic E-state index is 17.5. The van der Waals surface area contributed by atoms with Crippen molar-refractivity contribution in [2.45, 2.75) is 125 Å². The van der Waals surface area contributed by atoms with E-state index >= 15 is 8.78 Å². The highest BCUT2D eigenvalue weighted by atomic mass is 19.4. The minimum absolute atomic E-state index is 0.0874. The van der Waals surface area contributed by atoms with Gasteiger partial charge >= 0.3 is 36.2 Å². The lowest BCUT2D eigenvalue weighted by atomic mass is 9.93. The average Bonchev–Trinajstić information content (AvgIpc) is 3.82. The molecule has 348 valence electrons. The Labute approximate surface area is 364 Å². The Bertz CT molecular complexity index is 2590. The maximum absolute atomic E-state index is 17.5. The van der Waals surface area contributed by atoms with Gasteiger partial charge in [0.2, 0.25) is 0 Å². The topological polar surface area (TPSA) is 93.2 Å². The fraction of sp³-hybridized carbons (Fsp3) is 0.545. The van der Waals surface area contributed by atoms with Crippen LogP contribution in [0.2, 0.25) is 0 Å². The number of fused-ring (bicyclic) bond motifs is 7. The van der Waals surface area contributed by atoms with Crippen LogP contribution in [-0.2, 0) is 15.9 Å². The third kappa shape index (κ3) is 7.15. The lowest BCUT2D eigenvalue weighted by Crippen LogP contribution is -2.68. The van der Waals surface area contributed by atoms with E-state index in [0.29, 0.717) is 36.8 Å². The summed E-state index contributed by atoms with van der Waals surface area (Å²) >= 11 is 0. The van der Waals surface area contributed by atoms with Gasteiger partial charge in [-0.15, -0.1) is 6.42 Å². The smallest absolute Gasteiger partial charge is 0.435 e. The van der Waals surface area contributed by atoms with Crippen LogP contribution in [0.15, 0.2) is 30.3 Å². The number of alkyl halides is 9. The Morgan fingerprint density at radius 2 is 1.62 bits per heavy atom. The normalized spacial score (nSPS) is 24.9. The van der Waals surface area contributed by atoms with Crippen molar-refractivity contribution >= 4 is 33.6 Å². The van der Waals surface area contributed by atoms with E-state index in [4.69, 9.17) is 25.9 Å². The molecule has 4 fully saturated rings. The van der Waals surface area contributed by atoms with Gasteiger partial charge in [0, 0.05) is 24.0 Å². The molecule has 65 heavy (non-hydrogen) atoms. The van der Waals surface area contributed by atoms with Gasteiger partial charge in [-0.1, -0.05) is 30.2 Å². The lowest BCUT2D eigenvalue weighted by Gasteiger charge is -2.47. The van der Waals surface area contributed by atoms with Crippen LogP contribution in [-0.4, -0.2) is 117 Å². The van der Waals surface area contributed by atoms with E-state index in [1.807, 2.05) is 4.90 Å². The van der Waals surface area contributed by atoms with Crippen molar-refractivity contribution in [2.24, 2.45) is 0 Å². The van der Waals surface area contributed by atoms with Crippen LogP contribution in [0, 0.1) is 24.0 Å². The van der Waals surface area contributed by atoms with Crippen LogP contribution in [0.3, 0.4) is 0 Å². The quantitative estimate of drug-likeness (QED) is 0.139. The third-order valence-electron chi connectivity index (χ3n) is 13.3. The van der Waals surface area contributed by atoms with E-state index in [0.717, 1.165) is 0 Å². The van der Waals surface area contributed by atoms with E-state index in [9.17, 15) is 44.3 Å². The van der Waals surface area contributed by atoms with Gasteiger partial charge in [0.1, 0.15) is 35.1 Å². The number of piperazine rings is 1. The van der Waals surface area contributed by atoms with Gasteiger partial charge in [-0.05, 0) is 83.7 Å². The first-order valence-electron chi connectivity index (χ1n) is 21.0. The van der Waals surface area contributed by atoms with E-state index in [1.54, 1.807) is 37.8 Å². The second-order valence-electron chi connectivity index (χ2n) is 18.4. The van der Waals surface area contributed by atoms with Crippen molar-refractivity contribution in [3.8, 4) is 29.6 Å². The minimum atomic E-state index is -6.91. The summed E-state index contributed by atoms with van der Waals surface area (Å²) in [6.45, 7) is 4.33. The van der Waals surface area contributed by atoms with Gasteiger partial charge in [0.15, 0.2) is 5.82 Å². The molecule has 4 saturated heterocycles. The Morgan fingerprint density at radius 3 is 2.29 bits per heavy atom. The Kier molecular flexibility index (Phi) is 10.5. The molecule has 2 aromatic heterocycles. The Morgan fingerprint density at radius 1 is 0.892 bits per heavy atom. The predicted molar refractivity (Wildman–Crippen MR) is 212 cm³/mol. The number of aromatic nitrogens is 3. The number of aryl methyl sites for hydroxylation is 1. The minimum Gasteiger partial charge on any atom is -0.461 e. The number of carbonyl (C=O) groups is 1. The first-order valence-corrected chi connectivity index (χ1v) is 21.0. The van der Waals surface area contributed by atoms with E-state index in [1.165, 1.54) is 23.1 Å². The van der Waals surface area contributed by atoms with Gasteiger partial charge in [-0.3, -0.25) is 9.80 Å². The number of hydrogen-bond acceptors (Lipinski definition) is 9. The molecule has 1 amide bonds. The first kappa shape index (κ1) is 44.9. The van der Waals surface area contributed by atoms with Gasteiger partial charge in [-0.25, -0.2) is 18.6 Å². The predicted octanol–water partition coefficient (Wildman–Crippen LogP) is 9.44. The van der Waals surface area contributed by atoms with Crippen LogP contribution in [0.25, 0.3) is 32.9 Å². The molecule has 5 aliphatic rings. The number of terminal acetylenes is 1.